The number of aromatic nitrogens is 2. The molecule has 1 aliphatic rings. The molecule has 0 unspecified atom stereocenters. The van der Waals surface area contributed by atoms with E-state index in [1.54, 1.807) is 0 Å². The van der Waals surface area contributed by atoms with Crippen LogP contribution in [0.1, 0.15) is 39.2 Å². The van der Waals surface area contributed by atoms with Crippen LogP contribution in [0.5, 0.6) is 0 Å². The second-order valence-corrected chi connectivity index (χ2v) is 6.55. The molecular weight excluding hydrogens is 236 g/mol. The van der Waals surface area contributed by atoms with Gasteiger partial charge in [-0.1, -0.05) is 20.8 Å². The Bertz CT molecular complexity index is 386. The van der Waals surface area contributed by atoms with E-state index in [0.717, 1.165) is 37.1 Å². The fraction of sp³-hybridized carbons (Fsp3) is 0.733. The Kier molecular flexibility index (Phi) is 4.40. The van der Waals surface area contributed by atoms with Crippen molar-refractivity contribution in [3.63, 3.8) is 0 Å². The molecule has 1 aromatic rings. The number of piperidine rings is 1. The normalized spacial score (nSPS) is 17.8. The minimum absolute atomic E-state index is 0.420. The summed E-state index contributed by atoms with van der Waals surface area (Å²) in [6.45, 7) is 10.0. The van der Waals surface area contributed by atoms with E-state index in [4.69, 9.17) is 0 Å². The van der Waals surface area contributed by atoms with Gasteiger partial charge in [0, 0.05) is 37.6 Å². The fourth-order valence-electron chi connectivity index (χ4n) is 2.75. The van der Waals surface area contributed by atoms with Gasteiger partial charge in [-0.2, -0.15) is 0 Å². The van der Waals surface area contributed by atoms with Gasteiger partial charge in [0.25, 0.3) is 0 Å². The lowest BCUT2D eigenvalue weighted by molar-refractivity contribution is 0.198. The third-order valence-electron chi connectivity index (χ3n) is 4.08. The number of hydrogen-bond acceptors (Lipinski definition) is 4. The van der Waals surface area contributed by atoms with Gasteiger partial charge in [0.2, 0.25) is 5.95 Å². The summed E-state index contributed by atoms with van der Waals surface area (Å²) in [4.78, 5) is 11.3. The van der Waals surface area contributed by atoms with E-state index in [0.29, 0.717) is 5.41 Å². The van der Waals surface area contributed by atoms with E-state index >= 15 is 0 Å². The summed E-state index contributed by atoms with van der Waals surface area (Å²) < 4.78 is 0. The van der Waals surface area contributed by atoms with Crippen molar-refractivity contribution in [3.8, 4) is 0 Å². The van der Waals surface area contributed by atoms with Gasteiger partial charge in [-0.15, -0.1) is 0 Å². The van der Waals surface area contributed by atoms with Crippen molar-refractivity contribution in [1.82, 2.24) is 15.3 Å². The third-order valence-corrected chi connectivity index (χ3v) is 4.08. The van der Waals surface area contributed by atoms with Gasteiger partial charge in [-0.25, -0.2) is 9.97 Å². The van der Waals surface area contributed by atoms with Crippen molar-refractivity contribution in [2.75, 3.05) is 25.0 Å². The van der Waals surface area contributed by atoms with Gasteiger partial charge in [0.1, 0.15) is 0 Å². The standard InChI is InChI=1S/C15H26N4/c1-15(2,3)13-5-7-19(8-6-13)14-17-10-12(9-16-4)11-18-14/h10-11,13,16H,5-9H2,1-4H3. The van der Waals surface area contributed by atoms with Gasteiger partial charge in [-0.05, 0) is 31.2 Å². The SMILES string of the molecule is CNCc1cnc(N2CCC(C(C)(C)C)CC2)nc1. The predicted molar refractivity (Wildman–Crippen MR) is 79.2 cm³/mol. The van der Waals surface area contributed by atoms with Gasteiger partial charge in [-0.3, -0.25) is 0 Å². The fourth-order valence-corrected chi connectivity index (χ4v) is 2.75. The molecule has 19 heavy (non-hydrogen) atoms. The lowest BCUT2D eigenvalue weighted by atomic mass is 9.75. The lowest BCUT2D eigenvalue weighted by Crippen LogP contribution is -2.38. The van der Waals surface area contributed by atoms with Gasteiger partial charge < -0.3 is 10.2 Å². The van der Waals surface area contributed by atoms with Crippen LogP contribution in [0, 0.1) is 11.3 Å². The van der Waals surface area contributed by atoms with Crippen molar-refractivity contribution in [2.24, 2.45) is 11.3 Å². The van der Waals surface area contributed by atoms with Crippen LogP contribution in [0.3, 0.4) is 0 Å². The summed E-state index contributed by atoms with van der Waals surface area (Å²) in [6.07, 6.45) is 6.33. The van der Waals surface area contributed by atoms with E-state index in [1.165, 1.54) is 12.8 Å². The van der Waals surface area contributed by atoms with Crippen LogP contribution in [0.25, 0.3) is 0 Å². The Hall–Kier alpha value is -1.16. The molecule has 0 aliphatic carbocycles. The number of rotatable bonds is 3. The minimum atomic E-state index is 0.420. The molecule has 2 rings (SSSR count). The van der Waals surface area contributed by atoms with Gasteiger partial charge in [0.05, 0.1) is 0 Å². The van der Waals surface area contributed by atoms with Crippen molar-refractivity contribution in [2.45, 2.75) is 40.2 Å². The molecule has 1 N–H and O–H groups in total. The molecule has 106 valence electrons. The summed E-state index contributed by atoms with van der Waals surface area (Å²) in [6, 6.07) is 0. The first-order chi connectivity index (χ1) is 9.00. The van der Waals surface area contributed by atoms with E-state index in [9.17, 15) is 0 Å². The van der Waals surface area contributed by atoms with Crippen molar-refractivity contribution < 1.29 is 0 Å². The molecule has 1 fully saturated rings. The van der Waals surface area contributed by atoms with Crippen LogP contribution >= 0.6 is 0 Å². The van der Waals surface area contributed by atoms with Crippen molar-refractivity contribution >= 4 is 5.95 Å². The number of hydrogen-bond donors (Lipinski definition) is 1. The zero-order valence-electron chi connectivity index (χ0n) is 12.6. The smallest absolute Gasteiger partial charge is 0.225 e. The molecule has 0 amide bonds. The number of nitrogens with zero attached hydrogens (tertiary/aromatic N) is 3. The molecule has 4 nitrogen and oxygen atoms in total. The molecule has 4 heteroatoms. The highest BCUT2D eigenvalue weighted by Crippen LogP contribution is 2.34. The van der Waals surface area contributed by atoms with Crippen LogP contribution in [0.4, 0.5) is 5.95 Å². The van der Waals surface area contributed by atoms with E-state index < -0.39 is 0 Å². The Morgan fingerprint density at radius 3 is 2.26 bits per heavy atom. The van der Waals surface area contributed by atoms with Gasteiger partial charge >= 0.3 is 0 Å². The molecule has 0 saturated carbocycles. The monoisotopic (exact) mass is 262 g/mol. The topological polar surface area (TPSA) is 41.1 Å². The number of nitrogens with one attached hydrogen (secondary N) is 1. The van der Waals surface area contributed by atoms with Crippen molar-refractivity contribution in [1.29, 1.82) is 0 Å². The second kappa shape index (κ2) is 5.87. The average molecular weight is 262 g/mol. The molecule has 0 spiro atoms. The van der Waals surface area contributed by atoms with Crippen LogP contribution in [0.15, 0.2) is 12.4 Å². The van der Waals surface area contributed by atoms with E-state index in [-0.39, 0.29) is 0 Å². The number of anilines is 1. The molecule has 1 aliphatic heterocycles. The summed E-state index contributed by atoms with van der Waals surface area (Å²) in [5, 5.41) is 3.11. The second-order valence-electron chi connectivity index (χ2n) is 6.55. The highest BCUT2D eigenvalue weighted by atomic mass is 15.2. The molecule has 1 saturated heterocycles. The zero-order valence-corrected chi connectivity index (χ0v) is 12.6. The maximum absolute atomic E-state index is 4.48. The molecule has 0 bridgehead atoms. The molecular formula is C15H26N4. The zero-order chi connectivity index (χ0) is 13.9. The first-order valence-electron chi connectivity index (χ1n) is 7.21. The third kappa shape index (κ3) is 3.66. The van der Waals surface area contributed by atoms with Crippen LogP contribution in [-0.2, 0) is 6.54 Å². The largest absolute Gasteiger partial charge is 0.341 e. The Balaban J connectivity index is 1.94. The Morgan fingerprint density at radius 2 is 1.79 bits per heavy atom. The maximum Gasteiger partial charge on any atom is 0.225 e. The summed E-state index contributed by atoms with van der Waals surface area (Å²) in [7, 11) is 1.94. The quantitative estimate of drug-likeness (QED) is 0.908. The molecule has 0 radical (unpaired) electrons. The summed E-state index contributed by atoms with van der Waals surface area (Å²) >= 11 is 0. The maximum atomic E-state index is 4.48. The summed E-state index contributed by atoms with van der Waals surface area (Å²) in [5.74, 6) is 1.69. The Morgan fingerprint density at radius 1 is 1.21 bits per heavy atom. The van der Waals surface area contributed by atoms with Crippen molar-refractivity contribution in [3.05, 3.63) is 18.0 Å². The van der Waals surface area contributed by atoms with Gasteiger partial charge in [0.15, 0.2) is 0 Å². The molecule has 2 heterocycles. The lowest BCUT2D eigenvalue weighted by Gasteiger charge is -2.38. The van der Waals surface area contributed by atoms with Crippen LogP contribution < -0.4 is 10.2 Å². The minimum Gasteiger partial charge on any atom is -0.341 e. The predicted octanol–water partition coefficient (Wildman–Crippen LogP) is 2.46. The summed E-state index contributed by atoms with van der Waals surface area (Å²) in [5.41, 5.74) is 1.56. The van der Waals surface area contributed by atoms with Crippen LogP contribution in [-0.4, -0.2) is 30.1 Å². The molecule has 0 atom stereocenters. The average Bonchev–Trinajstić information content (AvgIpc) is 2.39. The molecule has 1 aromatic heterocycles. The van der Waals surface area contributed by atoms with E-state index in [2.05, 4.69) is 41.0 Å². The Labute approximate surface area is 116 Å². The first-order valence-corrected chi connectivity index (χ1v) is 7.21. The highest BCUT2D eigenvalue weighted by Gasteiger charge is 2.29. The first kappa shape index (κ1) is 14.3. The van der Waals surface area contributed by atoms with Crippen LogP contribution in [0.2, 0.25) is 0 Å². The van der Waals surface area contributed by atoms with E-state index in [1.807, 2.05) is 19.4 Å². The highest BCUT2D eigenvalue weighted by molar-refractivity contribution is 5.30. The molecule has 0 aromatic carbocycles.